The summed E-state index contributed by atoms with van der Waals surface area (Å²) in [6.45, 7) is 2.37. The van der Waals surface area contributed by atoms with Crippen LogP contribution in [0.1, 0.15) is 22.3 Å². The number of esters is 1. The summed E-state index contributed by atoms with van der Waals surface area (Å²) < 4.78 is 18.1. The highest BCUT2D eigenvalue weighted by atomic mass is 127. The minimum Gasteiger partial charge on any atom is -0.493 e. The zero-order chi connectivity index (χ0) is 21.8. The number of hydrogen-bond acceptors (Lipinski definition) is 5. The molecule has 3 aromatic rings. The van der Waals surface area contributed by atoms with Crippen molar-refractivity contribution < 1.29 is 19.0 Å². The van der Waals surface area contributed by atoms with E-state index < -0.39 is 5.97 Å². The number of para-hydroxylation sites is 1. The minimum atomic E-state index is -0.498. The van der Waals surface area contributed by atoms with Gasteiger partial charge in [-0.2, -0.15) is 0 Å². The van der Waals surface area contributed by atoms with E-state index in [1.165, 1.54) is 0 Å². The Hall–Kier alpha value is -3.13. The fourth-order valence-electron chi connectivity index (χ4n) is 3.12. The van der Waals surface area contributed by atoms with Gasteiger partial charge in [0.2, 0.25) is 5.90 Å². The summed E-state index contributed by atoms with van der Waals surface area (Å²) in [7, 11) is 1.59. The van der Waals surface area contributed by atoms with Crippen molar-refractivity contribution in [1.82, 2.24) is 0 Å². The van der Waals surface area contributed by atoms with Gasteiger partial charge in [0, 0.05) is 14.7 Å². The summed E-state index contributed by atoms with van der Waals surface area (Å²) in [4.78, 5) is 16.8. The molecule has 0 amide bonds. The number of methoxy groups -OCH3 is 1. The average molecular weight is 525 g/mol. The molecule has 0 fully saturated rings. The van der Waals surface area contributed by atoms with Crippen molar-refractivity contribution in [1.29, 1.82) is 0 Å². The number of ether oxygens (including phenoxy) is 3. The fourth-order valence-corrected chi connectivity index (χ4v) is 3.73. The highest BCUT2D eigenvalue weighted by Gasteiger charge is 2.25. The predicted molar refractivity (Wildman–Crippen MR) is 128 cm³/mol. The lowest BCUT2D eigenvalue weighted by atomic mass is 10.1. The first-order valence-electron chi connectivity index (χ1n) is 9.67. The number of cyclic esters (lactones) is 1. The van der Waals surface area contributed by atoms with Gasteiger partial charge in [0.05, 0.1) is 7.11 Å². The van der Waals surface area contributed by atoms with Gasteiger partial charge >= 0.3 is 5.97 Å². The Bertz CT molecular complexity index is 1180. The van der Waals surface area contributed by atoms with Crippen molar-refractivity contribution in [2.24, 2.45) is 4.99 Å². The van der Waals surface area contributed by atoms with Crippen LogP contribution in [0.25, 0.3) is 6.08 Å². The standard InChI is InChI=1S/C25H20INO4/c1-16-9-11-18(12-10-16)24-27-21(25(28)31-24)14-19-6-4-8-22(29-2)23(19)30-15-17-5-3-7-20(26)13-17/h3-14H,15H2,1-2H3/b21-14-. The van der Waals surface area contributed by atoms with Crippen LogP contribution in [0, 0.1) is 10.5 Å². The molecule has 0 atom stereocenters. The first-order valence-corrected chi connectivity index (χ1v) is 10.8. The van der Waals surface area contributed by atoms with E-state index in [9.17, 15) is 4.79 Å². The van der Waals surface area contributed by atoms with Crippen LogP contribution in [0.4, 0.5) is 0 Å². The van der Waals surface area contributed by atoms with Crippen LogP contribution in [-0.2, 0) is 16.1 Å². The molecule has 0 unspecified atom stereocenters. The molecule has 31 heavy (non-hydrogen) atoms. The topological polar surface area (TPSA) is 57.1 Å². The first-order chi connectivity index (χ1) is 15.0. The van der Waals surface area contributed by atoms with E-state index >= 15 is 0 Å². The van der Waals surface area contributed by atoms with Crippen LogP contribution >= 0.6 is 22.6 Å². The monoisotopic (exact) mass is 525 g/mol. The van der Waals surface area contributed by atoms with Crippen molar-refractivity contribution in [2.75, 3.05) is 7.11 Å². The molecule has 1 aliphatic rings. The molecule has 0 bridgehead atoms. The van der Waals surface area contributed by atoms with Crippen LogP contribution in [0.3, 0.4) is 0 Å². The molecule has 1 aliphatic heterocycles. The maximum Gasteiger partial charge on any atom is 0.363 e. The second-order valence-corrected chi connectivity index (χ2v) is 8.24. The zero-order valence-electron chi connectivity index (χ0n) is 17.1. The van der Waals surface area contributed by atoms with E-state index in [4.69, 9.17) is 14.2 Å². The summed E-state index contributed by atoms with van der Waals surface area (Å²) in [5.74, 6) is 0.916. The number of rotatable bonds is 6. The highest BCUT2D eigenvalue weighted by molar-refractivity contribution is 14.1. The van der Waals surface area contributed by atoms with E-state index in [0.29, 0.717) is 29.6 Å². The molecule has 0 aliphatic carbocycles. The van der Waals surface area contributed by atoms with E-state index in [-0.39, 0.29) is 5.70 Å². The summed E-state index contributed by atoms with van der Waals surface area (Å²) in [6.07, 6.45) is 1.66. The Morgan fingerprint density at radius 2 is 1.84 bits per heavy atom. The largest absolute Gasteiger partial charge is 0.493 e. The van der Waals surface area contributed by atoms with E-state index in [0.717, 1.165) is 20.3 Å². The van der Waals surface area contributed by atoms with E-state index in [1.807, 2.05) is 67.6 Å². The van der Waals surface area contributed by atoms with Gasteiger partial charge < -0.3 is 14.2 Å². The van der Waals surface area contributed by atoms with Gasteiger partial charge in [0.15, 0.2) is 17.2 Å². The molecule has 4 rings (SSSR count). The molecule has 3 aromatic carbocycles. The van der Waals surface area contributed by atoms with Gasteiger partial charge in [0.1, 0.15) is 6.61 Å². The van der Waals surface area contributed by atoms with Gasteiger partial charge in [-0.15, -0.1) is 0 Å². The van der Waals surface area contributed by atoms with Crippen LogP contribution in [-0.4, -0.2) is 19.0 Å². The van der Waals surface area contributed by atoms with Gasteiger partial charge in [-0.1, -0.05) is 42.0 Å². The summed E-state index contributed by atoms with van der Waals surface area (Å²) in [6, 6.07) is 21.2. The molecule has 0 saturated heterocycles. The smallest absolute Gasteiger partial charge is 0.363 e. The lowest BCUT2D eigenvalue weighted by Gasteiger charge is -2.13. The zero-order valence-corrected chi connectivity index (χ0v) is 19.3. The molecule has 0 spiro atoms. The Morgan fingerprint density at radius 1 is 1.06 bits per heavy atom. The van der Waals surface area contributed by atoms with Crippen molar-refractivity contribution >= 4 is 40.5 Å². The maximum atomic E-state index is 12.4. The van der Waals surface area contributed by atoms with Crippen LogP contribution in [0.5, 0.6) is 11.5 Å². The van der Waals surface area contributed by atoms with E-state index in [2.05, 4.69) is 33.6 Å². The summed E-state index contributed by atoms with van der Waals surface area (Å²) >= 11 is 2.27. The number of halogens is 1. The normalized spacial score (nSPS) is 14.4. The number of carbonyl (C=O) groups is 1. The molecule has 0 aromatic heterocycles. The number of hydrogen-bond donors (Lipinski definition) is 0. The third-order valence-corrected chi connectivity index (χ3v) is 5.38. The molecule has 156 valence electrons. The molecule has 5 nitrogen and oxygen atoms in total. The Kier molecular flexibility index (Phi) is 6.36. The van der Waals surface area contributed by atoms with Crippen LogP contribution < -0.4 is 9.47 Å². The summed E-state index contributed by atoms with van der Waals surface area (Å²) in [5, 5.41) is 0. The third kappa shape index (κ3) is 4.96. The second kappa shape index (κ2) is 9.34. The molecule has 0 N–H and O–H groups in total. The molecule has 6 heteroatoms. The Balaban J connectivity index is 1.65. The van der Waals surface area contributed by atoms with Gasteiger partial charge in [0.25, 0.3) is 0 Å². The number of aryl methyl sites for hydroxylation is 1. The Morgan fingerprint density at radius 3 is 2.58 bits per heavy atom. The number of benzene rings is 3. The SMILES string of the molecule is COc1cccc(/C=C2\N=C(c3ccc(C)cc3)OC2=O)c1OCc1cccc(I)c1. The Labute approximate surface area is 194 Å². The van der Waals surface area contributed by atoms with Crippen molar-refractivity contribution in [3.8, 4) is 11.5 Å². The molecule has 0 saturated carbocycles. The third-order valence-electron chi connectivity index (χ3n) is 4.71. The van der Waals surface area contributed by atoms with Crippen LogP contribution in [0.2, 0.25) is 0 Å². The quantitative estimate of drug-likeness (QED) is 0.241. The molecular weight excluding hydrogens is 505 g/mol. The van der Waals surface area contributed by atoms with Gasteiger partial charge in [-0.25, -0.2) is 9.79 Å². The molecule has 0 radical (unpaired) electrons. The molecule has 1 heterocycles. The summed E-state index contributed by atoms with van der Waals surface area (Å²) in [5.41, 5.74) is 3.81. The molecular formula is C25H20INO4. The van der Waals surface area contributed by atoms with Gasteiger partial charge in [-0.05, 0) is 71.5 Å². The lowest BCUT2D eigenvalue weighted by molar-refractivity contribution is -0.129. The van der Waals surface area contributed by atoms with Gasteiger partial charge in [-0.3, -0.25) is 0 Å². The van der Waals surface area contributed by atoms with Crippen molar-refractivity contribution in [2.45, 2.75) is 13.5 Å². The van der Waals surface area contributed by atoms with Crippen LogP contribution in [0.15, 0.2) is 77.4 Å². The number of carbonyl (C=O) groups excluding carboxylic acids is 1. The number of aliphatic imine (C=N–C) groups is 1. The second-order valence-electron chi connectivity index (χ2n) is 7.00. The minimum absolute atomic E-state index is 0.211. The predicted octanol–water partition coefficient (Wildman–Crippen LogP) is 5.53. The average Bonchev–Trinajstić information content (AvgIpc) is 3.13. The van der Waals surface area contributed by atoms with Crippen molar-refractivity contribution in [3.63, 3.8) is 0 Å². The highest BCUT2D eigenvalue weighted by Crippen LogP contribution is 2.34. The van der Waals surface area contributed by atoms with E-state index in [1.54, 1.807) is 13.2 Å². The maximum absolute atomic E-state index is 12.4. The fraction of sp³-hybridized carbons (Fsp3) is 0.120. The first kappa shape index (κ1) is 21.1. The van der Waals surface area contributed by atoms with Crippen molar-refractivity contribution in [3.05, 3.63) is 98.3 Å². The number of nitrogens with zero attached hydrogens (tertiary/aromatic N) is 1. The lowest BCUT2D eigenvalue weighted by Crippen LogP contribution is -2.05.